The number of hydrogen-bond acceptors (Lipinski definition) is 9. The summed E-state index contributed by atoms with van der Waals surface area (Å²) >= 11 is 0. The summed E-state index contributed by atoms with van der Waals surface area (Å²) in [6, 6.07) is 15.3. The van der Waals surface area contributed by atoms with Gasteiger partial charge in [-0.2, -0.15) is 0 Å². The van der Waals surface area contributed by atoms with Gasteiger partial charge in [-0.15, -0.1) is 0 Å². The van der Waals surface area contributed by atoms with E-state index in [0.717, 1.165) is 11.1 Å². The fourth-order valence-corrected chi connectivity index (χ4v) is 3.28. The summed E-state index contributed by atoms with van der Waals surface area (Å²) in [5, 5.41) is 0. The van der Waals surface area contributed by atoms with Crippen LogP contribution in [0.2, 0.25) is 0 Å². The fraction of sp³-hybridized carbons (Fsp3) is 0.556. The van der Waals surface area contributed by atoms with Gasteiger partial charge in [-0.05, 0) is 49.2 Å². The van der Waals surface area contributed by atoms with Crippen LogP contribution in [0.15, 0.2) is 48.5 Å². The number of hydrogen-bond donors (Lipinski definition) is 0. The molecule has 3 rings (SSSR count). The molecule has 0 aromatic heterocycles. The average molecular weight is 507 g/mol. The Kier molecular flexibility index (Phi) is 13.0. The summed E-state index contributed by atoms with van der Waals surface area (Å²) < 4.78 is 52.2. The van der Waals surface area contributed by atoms with E-state index < -0.39 is 5.97 Å². The molecule has 1 aliphatic heterocycles. The second-order valence-electron chi connectivity index (χ2n) is 8.19. The molecule has 0 saturated carbocycles. The van der Waals surface area contributed by atoms with E-state index in [1.54, 1.807) is 0 Å². The Bertz CT molecular complexity index is 791. The van der Waals surface area contributed by atoms with E-state index in [1.807, 2.05) is 62.4 Å². The number of benzene rings is 2. The van der Waals surface area contributed by atoms with Crippen molar-refractivity contribution in [3.8, 4) is 11.5 Å². The molecule has 0 radical (unpaired) electrons. The van der Waals surface area contributed by atoms with Gasteiger partial charge in [0.15, 0.2) is 13.4 Å². The molecule has 0 spiro atoms. The summed E-state index contributed by atoms with van der Waals surface area (Å²) in [6.45, 7) is 8.24. The molecule has 0 atom stereocenters. The molecule has 0 unspecified atom stereocenters. The van der Waals surface area contributed by atoms with Crippen LogP contribution in [0, 0.1) is 13.8 Å². The molecule has 0 bridgehead atoms. The van der Waals surface area contributed by atoms with Crippen molar-refractivity contribution in [2.24, 2.45) is 0 Å². The molecule has 1 aliphatic rings. The van der Waals surface area contributed by atoms with Crippen LogP contribution >= 0.6 is 0 Å². The van der Waals surface area contributed by atoms with Crippen molar-refractivity contribution >= 4 is 0 Å². The topological polar surface area (TPSA) is 83.1 Å². The smallest absolute Gasteiger partial charge is 0.398 e. The van der Waals surface area contributed by atoms with Crippen LogP contribution in [-0.2, 0) is 33.2 Å². The predicted octanol–water partition coefficient (Wildman–Crippen LogP) is 3.50. The van der Waals surface area contributed by atoms with Crippen molar-refractivity contribution in [2.75, 3.05) is 79.5 Å². The lowest BCUT2D eigenvalue weighted by molar-refractivity contribution is -0.345. The summed E-state index contributed by atoms with van der Waals surface area (Å²) in [5.74, 6) is -0.435. The molecular formula is C27H38O9. The SMILES string of the molecule is Cc1cccc(OC2(Oc3cccc(C)c3)COCCOCCOCCOCCOCCOCO2)c1. The lowest BCUT2D eigenvalue weighted by atomic mass is 10.2. The molecule has 9 heteroatoms. The number of aryl methyl sites for hydroxylation is 2. The van der Waals surface area contributed by atoms with Gasteiger partial charge in [-0.3, -0.25) is 4.74 Å². The maximum Gasteiger partial charge on any atom is 0.398 e. The van der Waals surface area contributed by atoms with E-state index in [0.29, 0.717) is 77.6 Å². The van der Waals surface area contributed by atoms with Crippen molar-refractivity contribution in [2.45, 2.75) is 19.8 Å². The Morgan fingerprint density at radius 3 is 1.42 bits per heavy atom. The van der Waals surface area contributed by atoms with E-state index >= 15 is 0 Å². The monoisotopic (exact) mass is 506 g/mol. The van der Waals surface area contributed by atoms with Crippen molar-refractivity contribution in [1.29, 1.82) is 0 Å². The third-order valence-electron chi connectivity index (χ3n) is 5.03. The van der Waals surface area contributed by atoms with Gasteiger partial charge in [-0.1, -0.05) is 24.3 Å². The maximum atomic E-state index is 6.28. The summed E-state index contributed by atoms with van der Waals surface area (Å²) in [6.07, 6.45) is 0. The molecule has 1 heterocycles. The minimum atomic E-state index is -1.60. The van der Waals surface area contributed by atoms with E-state index in [9.17, 15) is 0 Å². The Morgan fingerprint density at radius 2 is 0.972 bits per heavy atom. The van der Waals surface area contributed by atoms with Crippen molar-refractivity contribution in [1.82, 2.24) is 0 Å². The lowest BCUT2D eigenvalue weighted by Crippen LogP contribution is -2.50. The fourth-order valence-electron chi connectivity index (χ4n) is 3.28. The quantitative estimate of drug-likeness (QED) is 0.579. The standard InChI is InChI=1S/C27H38O9/c1-23-5-3-7-25(19-23)35-27(36-26-8-4-6-24(2)20-26)21-32-17-15-30-13-11-28-9-10-29-12-14-31-16-18-33-22-34-27/h3-8,19-20H,9-18,21-22H2,1-2H3. The van der Waals surface area contributed by atoms with Gasteiger partial charge in [0, 0.05) is 0 Å². The number of rotatable bonds is 4. The van der Waals surface area contributed by atoms with E-state index in [1.165, 1.54) is 0 Å². The maximum absolute atomic E-state index is 6.28. The highest BCUT2D eigenvalue weighted by atomic mass is 16.9. The molecular weight excluding hydrogens is 468 g/mol. The van der Waals surface area contributed by atoms with Crippen LogP contribution in [0.1, 0.15) is 11.1 Å². The number of ether oxygens (including phenoxy) is 9. The highest BCUT2D eigenvalue weighted by molar-refractivity contribution is 5.29. The van der Waals surface area contributed by atoms with Gasteiger partial charge in [0.05, 0.1) is 66.1 Å². The first kappa shape index (κ1) is 28.3. The van der Waals surface area contributed by atoms with E-state index in [4.69, 9.17) is 42.6 Å². The van der Waals surface area contributed by atoms with Crippen LogP contribution in [0.3, 0.4) is 0 Å². The normalized spacial score (nSPS) is 19.7. The van der Waals surface area contributed by atoms with Crippen LogP contribution in [0.4, 0.5) is 0 Å². The lowest BCUT2D eigenvalue weighted by Gasteiger charge is -2.33. The third kappa shape index (κ3) is 11.2. The molecule has 0 amide bonds. The molecule has 200 valence electrons. The average Bonchev–Trinajstić information content (AvgIpc) is 2.85. The minimum absolute atomic E-state index is 0.0219. The van der Waals surface area contributed by atoms with E-state index in [2.05, 4.69) is 0 Å². The molecule has 9 nitrogen and oxygen atoms in total. The molecule has 1 saturated heterocycles. The molecule has 2 aromatic carbocycles. The summed E-state index contributed by atoms with van der Waals surface area (Å²) in [5.41, 5.74) is 2.08. The largest absolute Gasteiger partial charge is 0.428 e. The summed E-state index contributed by atoms with van der Waals surface area (Å²) in [7, 11) is 0. The molecule has 0 N–H and O–H groups in total. The molecule has 0 aliphatic carbocycles. The molecule has 2 aromatic rings. The first-order chi connectivity index (χ1) is 17.7. The first-order valence-corrected chi connectivity index (χ1v) is 12.3. The minimum Gasteiger partial charge on any atom is -0.428 e. The van der Waals surface area contributed by atoms with Gasteiger partial charge in [0.2, 0.25) is 0 Å². The van der Waals surface area contributed by atoms with Gasteiger partial charge in [0.25, 0.3) is 0 Å². The Morgan fingerprint density at radius 1 is 0.556 bits per heavy atom. The van der Waals surface area contributed by atoms with Gasteiger partial charge >= 0.3 is 5.97 Å². The predicted molar refractivity (Wildman–Crippen MR) is 132 cm³/mol. The Labute approximate surface area is 213 Å². The zero-order chi connectivity index (χ0) is 25.3. The van der Waals surface area contributed by atoms with Crippen molar-refractivity contribution in [3.63, 3.8) is 0 Å². The van der Waals surface area contributed by atoms with Crippen LogP contribution in [-0.4, -0.2) is 85.4 Å². The third-order valence-corrected chi connectivity index (χ3v) is 5.03. The molecule has 36 heavy (non-hydrogen) atoms. The Hall–Kier alpha value is -2.24. The highest BCUT2D eigenvalue weighted by Crippen LogP contribution is 2.26. The zero-order valence-electron chi connectivity index (χ0n) is 21.3. The Balaban J connectivity index is 1.71. The molecule has 1 fully saturated rings. The summed E-state index contributed by atoms with van der Waals surface area (Å²) in [4.78, 5) is 0. The second kappa shape index (κ2) is 16.5. The van der Waals surface area contributed by atoms with Crippen LogP contribution in [0.25, 0.3) is 0 Å². The second-order valence-corrected chi connectivity index (χ2v) is 8.19. The van der Waals surface area contributed by atoms with Gasteiger partial charge < -0.3 is 37.9 Å². The van der Waals surface area contributed by atoms with Crippen molar-refractivity contribution in [3.05, 3.63) is 59.7 Å². The van der Waals surface area contributed by atoms with Gasteiger partial charge in [-0.25, -0.2) is 0 Å². The first-order valence-electron chi connectivity index (χ1n) is 12.3. The van der Waals surface area contributed by atoms with Crippen LogP contribution < -0.4 is 9.47 Å². The van der Waals surface area contributed by atoms with Crippen LogP contribution in [0.5, 0.6) is 11.5 Å². The highest BCUT2D eigenvalue weighted by Gasteiger charge is 2.38. The van der Waals surface area contributed by atoms with Gasteiger partial charge in [0.1, 0.15) is 11.5 Å². The van der Waals surface area contributed by atoms with E-state index in [-0.39, 0.29) is 13.4 Å². The van der Waals surface area contributed by atoms with Crippen molar-refractivity contribution < 1.29 is 42.6 Å². The zero-order valence-corrected chi connectivity index (χ0v) is 21.3.